The van der Waals surface area contributed by atoms with Gasteiger partial charge in [-0.15, -0.1) is 0 Å². The van der Waals surface area contributed by atoms with Gasteiger partial charge in [0, 0.05) is 11.3 Å². The van der Waals surface area contributed by atoms with Gasteiger partial charge in [0.05, 0.1) is 0 Å². The Balaban J connectivity index is 2.10. The zero-order valence-electron chi connectivity index (χ0n) is 12.7. The molecule has 0 unspecified atom stereocenters. The Labute approximate surface area is 134 Å². The van der Waals surface area contributed by atoms with Crippen molar-refractivity contribution in [3.8, 4) is 29.0 Å². The maximum Gasteiger partial charge on any atom is 0.174 e. The zero-order valence-corrected chi connectivity index (χ0v) is 12.7. The number of hydrogen-bond donors (Lipinski definition) is 1. The maximum atomic E-state index is 9.50. The molecule has 0 saturated heterocycles. The zero-order chi connectivity index (χ0) is 16.2. The van der Waals surface area contributed by atoms with E-state index >= 15 is 0 Å². The van der Waals surface area contributed by atoms with Crippen molar-refractivity contribution in [1.82, 2.24) is 4.98 Å². The highest BCUT2D eigenvalue weighted by Crippen LogP contribution is 2.36. The number of nitrogen functional groups attached to an aromatic ring is 1. The molecule has 0 bridgehead atoms. The standard InChI is InChI=1S/C18H16N4O/c19-9-10-23-13-7-5-12(6-8-13)17-14-3-1-2-4-16(14)22-18(21)15(17)11-20/h5-8H,1-4,10H2,(H2,21,22). The molecule has 1 aromatic carbocycles. The van der Waals surface area contributed by atoms with Crippen LogP contribution in [0.1, 0.15) is 29.7 Å². The number of anilines is 1. The van der Waals surface area contributed by atoms with Gasteiger partial charge < -0.3 is 10.5 Å². The van der Waals surface area contributed by atoms with Crippen molar-refractivity contribution in [3.63, 3.8) is 0 Å². The molecule has 0 atom stereocenters. The van der Waals surface area contributed by atoms with Crippen molar-refractivity contribution < 1.29 is 4.74 Å². The molecule has 2 N–H and O–H groups in total. The predicted octanol–water partition coefficient (Wildman–Crippen LogP) is 2.98. The van der Waals surface area contributed by atoms with Gasteiger partial charge in [-0.05, 0) is 48.9 Å². The highest BCUT2D eigenvalue weighted by molar-refractivity contribution is 5.79. The first-order chi connectivity index (χ1) is 11.2. The number of benzene rings is 1. The second-order valence-electron chi connectivity index (χ2n) is 5.46. The SMILES string of the molecule is N#CCOc1ccc(-c2c(C#N)c(N)nc3c2CCCC3)cc1. The van der Waals surface area contributed by atoms with E-state index in [4.69, 9.17) is 15.7 Å². The molecule has 1 aromatic heterocycles. The summed E-state index contributed by atoms with van der Waals surface area (Å²) in [6, 6.07) is 11.5. The summed E-state index contributed by atoms with van der Waals surface area (Å²) in [5.41, 5.74) is 10.4. The van der Waals surface area contributed by atoms with Gasteiger partial charge in [-0.2, -0.15) is 10.5 Å². The summed E-state index contributed by atoms with van der Waals surface area (Å²) in [6.07, 6.45) is 4.02. The number of pyridine rings is 1. The van der Waals surface area contributed by atoms with Crippen LogP contribution < -0.4 is 10.5 Å². The topological polar surface area (TPSA) is 95.7 Å². The molecule has 114 valence electrons. The van der Waals surface area contributed by atoms with Crippen LogP contribution in [-0.4, -0.2) is 11.6 Å². The summed E-state index contributed by atoms with van der Waals surface area (Å²) < 4.78 is 5.28. The molecule has 1 heterocycles. The van der Waals surface area contributed by atoms with Gasteiger partial charge in [-0.25, -0.2) is 4.98 Å². The van der Waals surface area contributed by atoms with Crippen LogP contribution in [0.3, 0.4) is 0 Å². The van der Waals surface area contributed by atoms with E-state index < -0.39 is 0 Å². The number of rotatable bonds is 3. The highest BCUT2D eigenvalue weighted by atomic mass is 16.5. The molecule has 5 heteroatoms. The number of nitriles is 2. The molecule has 0 fully saturated rings. The summed E-state index contributed by atoms with van der Waals surface area (Å²) >= 11 is 0. The van der Waals surface area contributed by atoms with E-state index in [1.807, 2.05) is 18.2 Å². The normalized spacial score (nSPS) is 12.8. The van der Waals surface area contributed by atoms with Crippen LogP contribution in [0.2, 0.25) is 0 Å². The van der Waals surface area contributed by atoms with Crippen LogP contribution in [0.25, 0.3) is 11.1 Å². The molecule has 23 heavy (non-hydrogen) atoms. The molecule has 0 saturated carbocycles. The Hall–Kier alpha value is -3.05. The number of nitrogens with two attached hydrogens (primary N) is 1. The summed E-state index contributed by atoms with van der Waals surface area (Å²) in [5.74, 6) is 0.928. The fourth-order valence-corrected chi connectivity index (χ4v) is 3.03. The van der Waals surface area contributed by atoms with Gasteiger partial charge in [0.15, 0.2) is 6.61 Å². The molecule has 1 aliphatic rings. The van der Waals surface area contributed by atoms with E-state index in [-0.39, 0.29) is 6.61 Å². The lowest BCUT2D eigenvalue weighted by molar-refractivity contribution is 0.368. The Morgan fingerprint density at radius 2 is 1.87 bits per heavy atom. The lowest BCUT2D eigenvalue weighted by Gasteiger charge is -2.21. The Morgan fingerprint density at radius 1 is 1.13 bits per heavy atom. The van der Waals surface area contributed by atoms with Gasteiger partial charge in [-0.1, -0.05) is 12.1 Å². The van der Waals surface area contributed by atoms with Crippen LogP contribution in [0.4, 0.5) is 5.82 Å². The third kappa shape index (κ3) is 2.82. The van der Waals surface area contributed by atoms with Gasteiger partial charge in [0.2, 0.25) is 0 Å². The number of fused-ring (bicyclic) bond motifs is 1. The van der Waals surface area contributed by atoms with Gasteiger partial charge in [0.1, 0.15) is 29.3 Å². The first-order valence-corrected chi connectivity index (χ1v) is 7.56. The summed E-state index contributed by atoms with van der Waals surface area (Å²) in [4.78, 5) is 4.42. The second-order valence-corrected chi connectivity index (χ2v) is 5.46. The van der Waals surface area contributed by atoms with Crippen molar-refractivity contribution in [2.24, 2.45) is 0 Å². The largest absolute Gasteiger partial charge is 0.479 e. The second kappa shape index (κ2) is 6.37. The van der Waals surface area contributed by atoms with Gasteiger partial charge >= 0.3 is 0 Å². The predicted molar refractivity (Wildman–Crippen MR) is 86.6 cm³/mol. The lowest BCUT2D eigenvalue weighted by Crippen LogP contribution is -2.11. The van der Waals surface area contributed by atoms with Crippen molar-refractivity contribution in [2.45, 2.75) is 25.7 Å². The summed E-state index contributed by atoms with van der Waals surface area (Å²) in [7, 11) is 0. The molecular formula is C18H16N4O. The van der Waals surface area contributed by atoms with E-state index in [1.54, 1.807) is 12.1 Å². The van der Waals surface area contributed by atoms with Crippen LogP contribution in [-0.2, 0) is 12.8 Å². The minimum absolute atomic E-state index is 0.0143. The number of aryl methyl sites for hydroxylation is 1. The highest BCUT2D eigenvalue weighted by Gasteiger charge is 2.21. The molecule has 2 aromatic rings. The van der Waals surface area contributed by atoms with E-state index in [0.29, 0.717) is 17.1 Å². The minimum atomic E-state index is 0.0143. The Morgan fingerprint density at radius 3 is 2.57 bits per heavy atom. The third-order valence-corrected chi connectivity index (χ3v) is 4.06. The van der Waals surface area contributed by atoms with Crippen LogP contribution >= 0.6 is 0 Å². The van der Waals surface area contributed by atoms with Crippen LogP contribution in [0.15, 0.2) is 24.3 Å². The Kier molecular flexibility index (Phi) is 4.12. The van der Waals surface area contributed by atoms with Crippen LogP contribution in [0, 0.1) is 22.7 Å². The molecule has 3 rings (SSSR count). The van der Waals surface area contributed by atoms with Gasteiger partial charge in [0.25, 0.3) is 0 Å². The fraction of sp³-hybridized carbons (Fsp3) is 0.278. The lowest BCUT2D eigenvalue weighted by atomic mass is 9.86. The van der Waals surface area contributed by atoms with E-state index in [0.717, 1.165) is 48.1 Å². The summed E-state index contributed by atoms with van der Waals surface area (Å²) in [6.45, 7) is 0.0143. The fourth-order valence-electron chi connectivity index (χ4n) is 3.03. The van der Waals surface area contributed by atoms with E-state index in [2.05, 4.69) is 11.1 Å². The Bertz CT molecular complexity index is 813. The van der Waals surface area contributed by atoms with E-state index in [9.17, 15) is 5.26 Å². The van der Waals surface area contributed by atoms with Crippen molar-refractivity contribution in [2.75, 3.05) is 12.3 Å². The first-order valence-electron chi connectivity index (χ1n) is 7.56. The molecule has 0 aliphatic heterocycles. The first kappa shape index (κ1) is 14.9. The number of nitrogens with zero attached hydrogens (tertiary/aromatic N) is 3. The van der Waals surface area contributed by atoms with Crippen molar-refractivity contribution in [3.05, 3.63) is 41.1 Å². The molecule has 0 radical (unpaired) electrons. The molecule has 1 aliphatic carbocycles. The van der Waals surface area contributed by atoms with Crippen molar-refractivity contribution >= 4 is 5.82 Å². The summed E-state index contributed by atoms with van der Waals surface area (Å²) in [5, 5.41) is 18.1. The number of aromatic nitrogens is 1. The molecule has 5 nitrogen and oxygen atoms in total. The molecular weight excluding hydrogens is 288 g/mol. The maximum absolute atomic E-state index is 9.50. The quantitative estimate of drug-likeness (QED) is 0.940. The third-order valence-electron chi connectivity index (χ3n) is 4.06. The number of ether oxygens (including phenoxy) is 1. The number of hydrogen-bond acceptors (Lipinski definition) is 5. The smallest absolute Gasteiger partial charge is 0.174 e. The van der Waals surface area contributed by atoms with Gasteiger partial charge in [-0.3, -0.25) is 0 Å². The molecule has 0 spiro atoms. The molecule has 0 amide bonds. The monoisotopic (exact) mass is 304 g/mol. The minimum Gasteiger partial charge on any atom is -0.479 e. The average molecular weight is 304 g/mol. The van der Waals surface area contributed by atoms with E-state index in [1.165, 1.54) is 0 Å². The van der Waals surface area contributed by atoms with Crippen LogP contribution in [0.5, 0.6) is 5.75 Å². The average Bonchev–Trinajstić information content (AvgIpc) is 2.59. The van der Waals surface area contributed by atoms with Crippen molar-refractivity contribution in [1.29, 1.82) is 10.5 Å².